The molecule has 0 saturated carbocycles. The molecule has 0 N–H and O–H groups in total. The highest BCUT2D eigenvalue weighted by molar-refractivity contribution is 5.92. The number of esters is 2. The van der Waals surface area contributed by atoms with Gasteiger partial charge in [0.15, 0.2) is 0 Å². The molecular formula is C31H36O5. The quantitative estimate of drug-likeness (QED) is 0.131. The van der Waals surface area contributed by atoms with Crippen LogP contribution in [-0.2, 0) is 6.42 Å². The molecule has 0 fully saturated rings. The second-order valence-corrected chi connectivity index (χ2v) is 8.84. The maximum Gasteiger partial charge on any atom is 0.343 e. The standard InChI is InChI=1S/C31H36O5/c1-3-5-7-8-9-10-24-11-13-25(14-12-24)30(32)35-28-19-21-29(22-20-28)36-31(33)26-15-17-27(18-16-26)34-23-6-4-2/h11-22H,3-10,23H2,1-2H3. The van der Waals surface area contributed by atoms with Crippen LogP contribution >= 0.6 is 0 Å². The van der Waals surface area contributed by atoms with E-state index in [2.05, 4.69) is 13.8 Å². The SMILES string of the molecule is CCCCCCCc1ccc(C(=O)Oc2ccc(OC(=O)c3ccc(OCCCC)cc3)cc2)cc1. The van der Waals surface area contributed by atoms with Crippen molar-refractivity contribution in [3.63, 3.8) is 0 Å². The Morgan fingerprint density at radius 1 is 0.556 bits per heavy atom. The minimum Gasteiger partial charge on any atom is -0.494 e. The number of carbonyl (C=O) groups excluding carboxylic acids is 2. The fourth-order valence-corrected chi connectivity index (χ4v) is 3.67. The summed E-state index contributed by atoms with van der Waals surface area (Å²) in [4.78, 5) is 24.9. The molecule has 5 heteroatoms. The molecule has 5 nitrogen and oxygen atoms in total. The minimum absolute atomic E-state index is 0.367. The Balaban J connectivity index is 1.46. The highest BCUT2D eigenvalue weighted by Gasteiger charge is 2.11. The lowest BCUT2D eigenvalue weighted by Crippen LogP contribution is -2.09. The number of hydrogen-bond acceptors (Lipinski definition) is 5. The van der Waals surface area contributed by atoms with Gasteiger partial charge in [0.25, 0.3) is 0 Å². The molecule has 190 valence electrons. The summed E-state index contributed by atoms with van der Waals surface area (Å²) in [5.41, 5.74) is 2.16. The second-order valence-electron chi connectivity index (χ2n) is 8.84. The summed E-state index contributed by atoms with van der Waals surface area (Å²) in [6, 6.07) is 20.9. The lowest BCUT2D eigenvalue weighted by Gasteiger charge is -2.08. The smallest absolute Gasteiger partial charge is 0.343 e. The highest BCUT2D eigenvalue weighted by atomic mass is 16.5. The van der Waals surface area contributed by atoms with Gasteiger partial charge in [-0.1, -0.05) is 58.1 Å². The first kappa shape index (κ1) is 27.0. The van der Waals surface area contributed by atoms with Crippen molar-refractivity contribution in [1.29, 1.82) is 0 Å². The fraction of sp³-hybridized carbons (Fsp3) is 0.355. The van der Waals surface area contributed by atoms with Crippen LogP contribution in [-0.4, -0.2) is 18.5 Å². The first-order chi connectivity index (χ1) is 17.6. The average molecular weight is 489 g/mol. The number of rotatable bonds is 14. The van der Waals surface area contributed by atoms with Gasteiger partial charge >= 0.3 is 11.9 Å². The third kappa shape index (κ3) is 8.88. The summed E-state index contributed by atoms with van der Waals surface area (Å²) in [7, 11) is 0. The molecule has 0 bridgehead atoms. The predicted octanol–water partition coefficient (Wildman–Crippen LogP) is 7.82. The molecule has 0 aliphatic heterocycles. The zero-order chi connectivity index (χ0) is 25.6. The van der Waals surface area contributed by atoms with E-state index in [0.717, 1.165) is 25.0 Å². The summed E-state index contributed by atoms with van der Waals surface area (Å²) >= 11 is 0. The van der Waals surface area contributed by atoms with E-state index in [9.17, 15) is 9.59 Å². The van der Waals surface area contributed by atoms with Crippen molar-refractivity contribution in [2.75, 3.05) is 6.61 Å². The van der Waals surface area contributed by atoms with Crippen molar-refractivity contribution < 1.29 is 23.8 Å². The summed E-state index contributed by atoms with van der Waals surface area (Å²) < 4.78 is 16.5. The summed E-state index contributed by atoms with van der Waals surface area (Å²) in [5, 5.41) is 0. The second kappa shape index (κ2) is 14.7. The molecule has 0 radical (unpaired) electrons. The molecule has 0 saturated heterocycles. The van der Waals surface area contributed by atoms with Crippen LogP contribution in [0.1, 0.15) is 85.1 Å². The van der Waals surface area contributed by atoms with Crippen molar-refractivity contribution >= 4 is 11.9 Å². The molecular weight excluding hydrogens is 452 g/mol. The minimum atomic E-state index is -0.467. The van der Waals surface area contributed by atoms with Gasteiger partial charge in [0.2, 0.25) is 0 Å². The van der Waals surface area contributed by atoms with Crippen molar-refractivity contribution in [3.8, 4) is 17.2 Å². The summed E-state index contributed by atoms with van der Waals surface area (Å²) in [6.45, 7) is 4.98. The van der Waals surface area contributed by atoms with E-state index in [1.807, 2.05) is 12.1 Å². The molecule has 3 aromatic rings. The molecule has 0 aliphatic rings. The van der Waals surface area contributed by atoms with Gasteiger partial charge in [0.1, 0.15) is 17.2 Å². The molecule has 0 spiro atoms. The van der Waals surface area contributed by atoms with Gasteiger partial charge in [-0.25, -0.2) is 9.59 Å². The van der Waals surface area contributed by atoms with Crippen LogP contribution in [0.2, 0.25) is 0 Å². The van der Waals surface area contributed by atoms with Crippen LogP contribution < -0.4 is 14.2 Å². The third-order valence-electron chi connectivity index (χ3n) is 5.86. The molecule has 0 aliphatic carbocycles. The Labute approximate surface area is 214 Å². The normalized spacial score (nSPS) is 10.6. The van der Waals surface area contributed by atoms with Crippen molar-refractivity contribution in [2.24, 2.45) is 0 Å². The van der Waals surface area contributed by atoms with Gasteiger partial charge in [0.05, 0.1) is 17.7 Å². The maximum atomic E-state index is 12.5. The molecule has 0 heterocycles. The lowest BCUT2D eigenvalue weighted by molar-refractivity contribution is 0.0719. The van der Waals surface area contributed by atoms with E-state index in [1.54, 1.807) is 60.7 Å². The first-order valence-electron chi connectivity index (χ1n) is 12.9. The van der Waals surface area contributed by atoms with Crippen molar-refractivity contribution in [3.05, 3.63) is 89.5 Å². The average Bonchev–Trinajstić information content (AvgIpc) is 2.90. The number of hydrogen-bond donors (Lipinski definition) is 0. The summed E-state index contributed by atoms with van der Waals surface area (Å²) in [6.07, 6.45) is 9.29. The van der Waals surface area contributed by atoms with Crippen molar-refractivity contribution in [1.82, 2.24) is 0 Å². The molecule has 0 amide bonds. The van der Waals surface area contributed by atoms with Gasteiger partial charge in [0, 0.05) is 0 Å². The number of benzene rings is 3. The maximum absolute atomic E-state index is 12.5. The zero-order valence-corrected chi connectivity index (χ0v) is 21.3. The van der Waals surface area contributed by atoms with Crippen LogP contribution in [0.4, 0.5) is 0 Å². The summed E-state index contributed by atoms with van der Waals surface area (Å²) in [5.74, 6) is 0.587. The van der Waals surface area contributed by atoms with Gasteiger partial charge in [-0.15, -0.1) is 0 Å². The Kier molecular flexibility index (Phi) is 11.0. The number of aryl methyl sites for hydroxylation is 1. The van der Waals surface area contributed by atoms with Crippen LogP contribution in [0, 0.1) is 0 Å². The van der Waals surface area contributed by atoms with Gasteiger partial charge in [-0.3, -0.25) is 0 Å². The number of carbonyl (C=O) groups is 2. The van der Waals surface area contributed by atoms with Gasteiger partial charge < -0.3 is 14.2 Å². The van der Waals surface area contributed by atoms with Gasteiger partial charge in [-0.2, -0.15) is 0 Å². The van der Waals surface area contributed by atoms with E-state index in [1.165, 1.54) is 37.7 Å². The largest absolute Gasteiger partial charge is 0.494 e. The van der Waals surface area contributed by atoms with E-state index in [4.69, 9.17) is 14.2 Å². The topological polar surface area (TPSA) is 61.8 Å². The van der Waals surface area contributed by atoms with E-state index in [0.29, 0.717) is 29.2 Å². The fourth-order valence-electron chi connectivity index (χ4n) is 3.67. The van der Waals surface area contributed by atoms with Crippen LogP contribution in [0.25, 0.3) is 0 Å². The Bertz CT molecular complexity index is 1070. The van der Waals surface area contributed by atoms with E-state index < -0.39 is 11.9 Å². The van der Waals surface area contributed by atoms with Crippen LogP contribution in [0.5, 0.6) is 17.2 Å². The van der Waals surface area contributed by atoms with E-state index in [-0.39, 0.29) is 0 Å². The predicted molar refractivity (Wildman–Crippen MR) is 142 cm³/mol. The number of ether oxygens (including phenoxy) is 3. The lowest BCUT2D eigenvalue weighted by atomic mass is 10.0. The molecule has 3 aromatic carbocycles. The van der Waals surface area contributed by atoms with Crippen LogP contribution in [0.15, 0.2) is 72.8 Å². The highest BCUT2D eigenvalue weighted by Crippen LogP contribution is 2.21. The van der Waals surface area contributed by atoms with Crippen molar-refractivity contribution in [2.45, 2.75) is 65.2 Å². The molecule has 0 atom stereocenters. The first-order valence-corrected chi connectivity index (χ1v) is 12.9. The molecule has 36 heavy (non-hydrogen) atoms. The Hall–Kier alpha value is -3.60. The zero-order valence-electron chi connectivity index (χ0n) is 21.3. The monoisotopic (exact) mass is 488 g/mol. The Morgan fingerprint density at radius 2 is 1.03 bits per heavy atom. The Morgan fingerprint density at radius 3 is 1.56 bits per heavy atom. The third-order valence-corrected chi connectivity index (χ3v) is 5.86. The molecule has 0 aromatic heterocycles. The molecule has 3 rings (SSSR count). The molecule has 0 unspecified atom stereocenters. The number of unbranched alkanes of at least 4 members (excludes halogenated alkanes) is 5. The van der Waals surface area contributed by atoms with Gasteiger partial charge in [-0.05, 0) is 85.5 Å². The van der Waals surface area contributed by atoms with Crippen LogP contribution in [0.3, 0.4) is 0 Å². The van der Waals surface area contributed by atoms with E-state index >= 15 is 0 Å².